The van der Waals surface area contributed by atoms with Crippen molar-refractivity contribution in [3.8, 4) is 11.5 Å². The Hall–Kier alpha value is -3.43. The fourth-order valence-electron chi connectivity index (χ4n) is 3.83. The fourth-order valence-corrected chi connectivity index (χ4v) is 5.54. The first-order valence-corrected chi connectivity index (χ1v) is 12.3. The van der Waals surface area contributed by atoms with Crippen molar-refractivity contribution in [1.82, 2.24) is 0 Å². The highest BCUT2D eigenvalue weighted by molar-refractivity contribution is 7.92. The van der Waals surface area contributed by atoms with Crippen LogP contribution in [-0.4, -0.2) is 35.2 Å². The number of amides is 2. The van der Waals surface area contributed by atoms with Crippen molar-refractivity contribution < 1.29 is 22.7 Å². The van der Waals surface area contributed by atoms with E-state index in [-0.39, 0.29) is 4.90 Å². The second-order valence-corrected chi connectivity index (χ2v) is 9.92. The number of halogens is 1. The van der Waals surface area contributed by atoms with Crippen LogP contribution in [0.25, 0.3) is 0 Å². The standard InChI is InChI=1S/C24H24ClN3O5S/c1-32-19-7-9-20(10-8-19)34(30,31)28-13-3-4-16-14-18(6-11-22(16)28)26-24(29)27-21-15-17(25)5-12-23(21)33-2/h5-12,14-15H,3-4,13H2,1-2H3,(H2,26,27,29). The van der Waals surface area contributed by atoms with Crippen LogP contribution < -0.4 is 24.4 Å². The number of hydrogen-bond acceptors (Lipinski definition) is 5. The summed E-state index contributed by atoms with van der Waals surface area (Å²) in [6.07, 6.45) is 1.36. The van der Waals surface area contributed by atoms with Gasteiger partial charge >= 0.3 is 6.03 Å². The number of carbonyl (C=O) groups is 1. The topological polar surface area (TPSA) is 97.0 Å². The molecule has 178 valence electrons. The largest absolute Gasteiger partial charge is 0.497 e. The summed E-state index contributed by atoms with van der Waals surface area (Å²) in [4.78, 5) is 12.7. The van der Waals surface area contributed by atoms with Gasteiger partial charge in [-0.05, 0) is 79.1 Å². The van der Waals surface area contributed by atoms with E-state index in [0.29, 0.717) is 53.0 Å². The van der Waals surface area contributed by atoms with E-state index in [1.807, 2.05) is 0 Å². The zero-order valence-corrected chi connectivity index (χ0v) is 20.2. The van der Waals surface area contributed by atoms with E-state index in [9.17, 15) is 13.2 Å². The van der Waals surface area contributed by atoms with E-state index in [1.165, 1.54) is 30.7 Å². The van der Waals surface area contributed by atoms with E-state index in [4.69, 9.17) is 21.1 Å². The van der Waals surface area contributed by atoms with Gasteiger partial charge < -0.3 is 20.1 Å². The zero-order chi connectivity index (χ0) is 24.3. The molecule has 3 aromatic carbocycles. The minimum atomic E-state index is -3.74. The first kappa shape index (κ1) is 23.7. The Kier molecular flexibility index (Phi) is 6.85. The van der Waals surface area contributed by atoms with Gasteiger partial charge in [0.05, 0.1) is 30.5 Å². The van der Waals surface area contributed by atoms with E-state index in [2.05, 4.69) is 10.6 Å². The molecule has 0 saturated heterocycles. The Labute approximate surface area is 203 Å². The first-order chi connectivity index (χ1) is 16.3. The van der Waals surface area contributed by atoms with Crippen molar-refractivity contribution in [3.63, 3.8) is 0 Å². The molecule has 1 aliphatic rings. The van der Waals surface area contributed by atoms with Gasteiger partial charge in [-0.25, -0.2) is 13.2 Å². The zero-order valence-electron chi connectivity index (χ0n) is 18.7. The number of ether oxygens (including phenoxy) is 2. The van der Waals surface area contributed by atoms with Crippen molar-refractivity contribution in [2.24, 2.45) is 0 Å². The number of rotatable bonds is 6. The number of nitrogens with one attached hydrogen (secondary N) is 2. The van der Waals surface area contributed by atoms with Crippen molar-refractivity contribution in [1.29, 1.82) is 0 Å². The van der Waals surface area contributed by atoms with Gasteiger partial charge in [-0.15, -0.1) is 0 Å². The molecule has 3 aromatic rings. The third-order valence-corrected chi connectivity index (χ3v) is 7.53. The van der Waals surface area contributed by atoms with E-state index in [1.54, 1.807) is 48.5 Å². The lowest BCUT2D eigenvalue weighted by Crippen LogP contribution is -2.35. The molecule has 8 nitrogen and oxygen atoms in total. The third-order valence-electron chi connectivity index (χ3n) is 5.47. The molecular formula is C24H24ClN3O5S. The number of sulfonamides is 1. The van der Waals surface area contributed by atoms with Crippen molar-refractivity contribution in [2.75, 3.05) is 35.7 Å². The van der Waals surface area contributed by atoms with E-state index in [0.717, 1.165) is 5.56 Å². The summed E-state index contributed by atoms with van der Waals surface area (Å²) in [6, 6.07) is 15.9. The Morgan fingerprint density at radius 3 is 2.44 bits per heavy atom. The SMILES string of the molecule is COc1ccc(S(=O)(=O)N2CCCc3cc(NC(=O)Nc4cc(Cl)ccc4OC)ccc32)cc1. The molecule has 0 unspecified atom stereocenters. The number of benzene rings is 3. The summed E-state index contributed by atoms with van der Waals surface area (Å²) < 4.78 is 38.4. The lowest BCUT2D eigenvalue weighted by molar-refractivity contribution is 0.262. The molecule has 0 spiro atoms. The maximum Gasteiger partial charge on any atom is 0.323 e. The van der Waals surface area contributed by atoms with Crippen LogP contribution in [0.15, 0.2) is 65.6 Å². The van der Waals surface area contributed by atoms with Crippen molar-refractivity contribution in [2.45, 2.75) is 17.7 Å². The molecule has 0 aromatic heterocycles. The number of urea groups is 1. The smallest absolute Gasteiger partial charge is 0.323 e. The molecule has 2 N–H and O–H groups in total. The number of fused-ring (bicyclic) bond motifs is 1. The maximum atomic E-state index is 13.3. The van der Waals surface area contributed by atoms with Gasteiger partial charge in [-0.2, -0.15) is 0 Å². The van der Waals surface area contributed by atoms with Crippen LogP contribution in [0.5, 0.6) is 11.5 Å². The summed E-state index contributed by atoms with van der Waals surface area (Å²) in [5, 5.41) is 5.96. The number of aryl methyl sites for hydroxylation is 1. The van der Waals surface area contributed by atoms with Gasteiger partial charge in [0, 0.05) is 17.3 Å². The molecule has 0 radical (unpaired) electrons. The molecule has 0 fully saturated rings. The van der Waals surface area contributed by atoms with Gasteiger partial charge in [0.25, 0.3) is 10.0 Å². The quantitative estimate of drug-likeness (QED) is 0.487. The monoisotopic (exact) mass is 501 g/mol. The lowest BCUT2D eigenvalue weighted by atomic mass is 10.0. The molecular weight excluding hydrogens is 478 g/mol. The van der Waals surface area contributed by atoms with E-state index < -0.39 is 16.1 Å². The highest BCUT2D eigenvalue weighted by Crippen LogP contribution is 2.34. The third kappa shape index (κ3) is 4.90. The van der Waals surface area contributed by atoms with Crippen LogP contribution in [-0.2, 0) is 16.4 Å². The molecule has 0 bridgehead atoms. The number of nitrogens with zero attached hydrogens (tertiary/aromatic N) is 1. The molecule has 10 heteroatoms. The predicted octanol–water partition coefficient (Wildman–Crippen LogP) is 5.14. The molecule has 1 aliphatic heterocycles. The summed E-state index contributed by atoms with van der Waals surface area (Å²) in [6.45, 7) is 0.378. The van der Waals surface area contributed by atoms with Crippen LogP contribution in [0.1, 0.15) is 12.0 Å². The van der Waals surface area contributed by atoms with Crippen LogP contribution in [0, 0.1) is 0 Å². The predicted molar refractivity (Wildman–Crippen MR) is 133 cm³/mol. The van der Waals surface area contributed by atoms with Gasteiger partial charge in [-0.1, -0.05) is 11.6 Å². The Morgan fingerprint density at radius 1 is 0.971 bits per heavy atom. The highest BCUT2D eigenvalue weighted by atomic mass is 35.5. The number of anilines is 3. The Balaban J connectivity index is 1.54. The van der Waals surface area contributed by atoms with Gasteiger partial charge in [0.2, 0.25) is 0 Å². The van der Waals surface area contributed by atoms with Gasteiger partial charge in [0.15, 0.2) is 0 Å². The second kappa shape index (κ2) is 9.82. The van der Waals surface area contributed by atoms with Gasteiger partial charge in [0.1, 0.15) is 11.5 Å². The minimum absolute atomic E-state index is 0.193. The maximum absolute atomic E-state index is 13.3. The summed E-state index contributed by atoms with van der Waals surface area (Å²) in [7, 11) is -0.706. The fraction of sp³-hybridized carbons (Fsp3) is 0.208. The van der Waals surface area contributed by atoms with Crippen LogP contribution in [0.3, 0.4) is 0 Å². The van der Waals surface area contributed by atoms with Crippen LogP contribution in [0.2, 0.25) is 5.02 Å². The average molecular weight is 502 g/mol. The van der Waals surface area contributed by atoms with Crippen molar-refractivity contribution in [3.05, 3.63) is 71.2 Å². The number of carbonyl (C=O) groups excluding carboxylic acids is 1. The number of methoxy groups -OCH3 is 2. The normalized spacial score (nSPS) is 13.1. The number of hydrogen-bond donors (Lipinski definition) is 2. The Bertz CT molecular complexity index is 1310. The minimum Gasteiger partial charge on any atom is -0.497 e. The molecule has 0 saturated carbocycles. The molecule has 0 atom stereocenters. The van der Waals surface area contributed by atoms with Gasteiger partial charge in [-0.3, -0.25) is 4.31 Å². The second-order valence-electron chi connectivity index (χ2n) is 7.62. The summed E-state index contributed by atoms with van der Waals surface area (Å²) in [5.41, 5.74) is 2.41. The molecule has 34 heavy (non-hydrogen) atoms. The van der Waals surface area contributed by atoms with E-state index >= 15 is 0 Å². The molecule has 2 amide bonds. The Morgan fingerprint density at radius 2 is 1.74 bits per heavy atom. The average Bonchev–Trinajstić information content (AvgIpc) is 2.83. The lowest BCUT2D eigenvalue weighted by Gasteiger charge is -2.31. The molecule has 4 rings (SSSR count). The molecule has 0 aliphatic carbocycles. The molecule has 1 heterocycles. The summed E-state index contributed by atoms with van der Waals surface area (Å²) >= 11 is 6.02. The highest BCUT2D eigenvalue weighted by Gasteiger charge is 2.29. The van der Waals surface area contributed by atoms with Crippen molar-refractivity contribution >= 4 is 44.7 Å². The summed E-state index contributed by atoms with van der Waals surface area (Å²) in [5.74, 6) is 1.06. The van der Waals surface area contributed by atoms with Crippen LogP contribution >= 0.6 is 11.6 Å². The van der Waals surface area contributed by atoms with Crippen LogP contribution in [0.4, 0.5) is 21.9 Å². The first-order valence-electron chi connectivity index (χ1n) is 10.5.